The number of hydrogen-bond donors (Lipinski definition) is 1. The van der Waals surface area contributed by atoms with Crippen molar-refractivity contribution < 1.29 is 0 Å². The van der Waals surface area contributed by atoms with E-state index in [2.05, 4.69) is 10.1 Å². The van der Waals surface area contributed by atoms with Gasteiger partial charge in [0.25, 0.3) is 0 Å². The van der Waals surface area contributed by atoms with Gasteiger partial charge in [-0.1, -0.05) is 11.8 Å². The van der Waals surface area contributed by atoms with E-state index < -0.39 is 0 Å². The lowest BCUT2D eigenvalue weighted by Crippen LogP contribution is -2.05. The third kappa shape index (κ3) is 2.01. The van der Waals surface area contributed by atoms with Crippen LogP contribution in [0.2, 0.25) is 0 Å². The summed E-state index contributed by atoms with van der Waals surface area (Å²) in [6, 6.07) is 1.89. The van der Waals surface area contributed by atoms with Crippen molar-refractivity contribution >= 4 is 22.7 Å². The fourth-order valence-corrected chi connectivity index (χ4v) is 1.04. The number of thioether (sulfide) groups is 1. The molecule has 66 valence electrons. The molecule has 0 aliphatic carbocycles. The molecule has 1 heterocycles. The van der Waals surface area contributed by atoms with E-state index in [9.17, 15) is 0 Å². The quantitative estimate of drug-likeness (QED) is 0.524. The van der Waals surface area contributed by atoms with Gasteiger partial charge in [0.15, 0.2) is 11.0 Å². The van der Waals surface area contributed by atoms with Crippen LogP contribution in [0.1, 0.15) is 5.69 Å². The Morgan fingerprint density at radius 2 is 2.42 bits per heavy atom. The second kappa shape index (κ2) is 3.62. The van der Waals surface area contributed by atoms with Gasteiger partial charge in [0.05, 0.1) is 5.69 Å². The molecule has 2 N–H and O–H groups in total. The van der Waals surface area contributed by atoms with Crippen LogP contribution in [-0.2, 0) is 7.05 Å². The van der Waals surface area contributed by atoms with Crippen molar-refractivity contribution in [2.24, 2.45) is 17.8 Å². The number of amidine groups is 1. The zero-order valence-corrected chi connectivity index (χ0v) is 8.22. The molecule has 1 rings (SSSR count). The summed E-state index contributed by atoms with van der Waals surface area (Å²) in [4.78, 5) is 4.16. The first-order chi connectivity index (χ1) is 5.63. The first-order valence-electron chi connectivity index (χ1n) is 3.52. The number of aliphatic imine (C=N–C) groups is 1. The van der Waals surface area contributed by atoms with E-state index in [1.165, 1.54) is 11.8 Å². The fourth-order valence-electron chi connectivity index (χ4n) is 0.860. The van der Waals surface area contributed by atoms with Gasteiger partial charge in [-0.15, -0.1) is 0 Å². The molecule has 0 aliphatic heterocycles. The molecule has 0 spiro atoms. The van der Waals surface area contributed by atoms with E-state index in [4.69, 9.17) is 5.73 Å². The lowest BCUT2D eigenvalue weighted by atomic mass is 10.5. The van der Waals surface area contributed by atoms with Crippen LogP contribution in [0.3, 0.4) is 0 Å². The Labute approximate surface area is 75.9 Å². The molecule has 1 aromatic heterocycles. The summed E-state index contributed by atoms with van der Waals surface area (Å²) >= 11 is 1.42. The van der Waals surface area contributed by atoms with Gasteiger partial charge in [-0.2, -0.15) is 5.10 Å². The summed E-state index contributed by atoms with van der Waals surface area (Å²) < 4.78 is 1.71. The van der Waals surface area contributed by atoms with Crippen LogP contribution in [0.25, 0.3) is 0 Å². The van der Waals surface area contributed by atoms with Crippen molar-refractivity contribution in [1.29, 1.82) is 0 Å². The normalized spacial score (nSPS) is 12.1. The van der Waals surface area contributed by atoms with Gasteiger partial charge in [-0.05, 0) is 13.2 Å². The summed E-state index contributed by atoms with van der Waals surface area (Å²) in [5.74, 6) is 0.791. The number of nitrogens with two attached hydrogens (primary N) is 1. The second-order valence-electron chi connectivity index (χ2n) is 2.42. The lowest BCUT2D eigenvalue weighted by Gasteiger charge is -1.95. The van der Waals surface area contributed by atoms with E-state index in [-0.39, 0.29) is 0 Å². The van der Waals surface area contributed by atoms with Gasteiger partial charge < -0.3 is 5.73 Å². The Bertz CT molecular complexity index is 302. The highest BCUT2D eigenvalue weighted by molar-refractivity contribution is 8.13. The zero-order valence-electron chi connectivity index (χ0n) is 7.40. The average Bonchev–Trinajstić information content (AvgIpc) is 2.30. The summed E-state index contributed by atoms with van der Waals surface area (Å²) in [6.45, 7) is 1.92. The monoisotopic (exact) mass is 184 g/mol. The predicted molar refractivity (Wildman–Crippen MR) is 52.7 cm³/mol. The highest BCUT2D eigenvalue weighted by Gasteiger charge is 1.99. The third-order valence-corrected chi connectivity index (χ3v) is 1.92. The van der Waals surface area contributed by atoms with Crippen molar-refractivity contribution in [1.82, 2.24) is 9.78 Å². The van der Waals surface area contributed by atoms with E-state index >= 15 is 0 Å². The first kappa shape index (κ1) is 9.12. The van der Waals surface area contributed by atoms with Crippen molar-refractivity contribution in [2.45, 2.75) is 6.92 Å². The Balaban J connectivity index is 2.95. The van der Waals surface area contributed by atoms with Gasteiger partial charge in [0, 0.05) is 13.1 Å². The molecular weight excluding hydrogens is 172 g/mol. The van der Waals surface area contributed by atoms with E-state index in [1.54, 1.807) is 4.68 Å². The Hall–Kier alpha value is -0.970. The Morgan fingerprint density at radius 1 is 1.75 bits per heavy atom. The van der Waals surface area contributed by atoms with Gasteiger partial charge in [0.1, 0.15) is 0 Å². The second-order valence-corrected chi connectivity index (χ2v) is 3.25. The highest BCUT2D eigenvalue weighted by atomic mass is 32.2. The molecule has 0 aromatic carbocycles. The van der Waals surface area contributed by atoms with E-state index in [1.807, 2.05) is 26.3 Å². The summed E-state index contributed by atoms with van der Waals surface area (Å²) in [5.41, 5.74) is 6.50. The summed E-state index contributed by atoms with van der Waals surface area (Å²) in [6.07, 6.45) is 1.89. The van der Waals surface area contributed by atoms with Crippen LogP contribution in [0.15, 0.2) is 11.1 Å². The molecule has 1 aromatic rings. The molecule has 0 saturated carbocycles. The molecule has 5 heteroatoms. The Morgan fingerprint density at radius 3 is 2.83 bits per heavy atom. The highest BCUT2D eigenvalue weighted by Crippen LogP contribution is 2.13. The zero-order chi connectivity index (χ0) is 9.14. The minimum atomic E-state index is 0.554. The van der Waals surface area contributed by atoms with Crippen LogP contribution < -0.4 is 5.73 Å². The molecule has 0 atom stereocenters. The van der Waals surface area contributed by atoms with Gasteiger partial charge in [0.2, 0.25) is 0 Å². The molecular formula is C7H12N4S. The largest absolute Gasteiger partial charge is 0.378 e. The summed E-state index contributed by atoms with van der Waals surface area (Å²) in [5, 5.41) is 4.70. The molecule has 0 bridgehead atoms. The fraction of sp³-hybridized carbons (Fsp3) is 0.429. The van der Waals surface area contributed by atoms with E-state index in [0.29, 0.717) is 5.17 Å². The Kier molecular flexibility index (Phi) is 2.75. The van der Waals surface area contributed by atoms with Gasteiger partial charge in [-0.3, -0.25) is 4.68 Å². The van der Waals surface area contributed by atoms with Crippen LogP contribution in [-0.4, -0.2) is 21.2 Å². The van der Waals surface area contributed by atoms with E-state index in [0.717, 1.165) is 11.5 Å². The molecule has 0 saturated heterocycles. The van der Waals surface area contributed by atoms with Gasteiger partial charge >= 0.3 is 0 Å². The minimum absolute atomic E-state index is 0.554. The number of nitrogens with zero attached hydrogens (tertiary/aromatic N) is 3. The first-order valence-corrected chi connectivity index (χ1v) is 4.74. The molecule has 12 heavy (non-hydrogen) atoms. The molecule has 0 amide bonds. The smallest absolute Gasteiger partial charge is 0.160 e. The maximum atomic E-state index is 5.55. The van der Waals surface area contributed by atoms with Crippen molar-refractivity contribution in [2.75, 3.05) is 6.26 Å². The standard InChI is InChI=1S/C7H12N4S/c1-5-4-6(11(2)10-5)9-7(8)12-3/h4H,1-3H3,(H2,8,9). The minimum Gasteiger partial charge on any atom is -0.378 e. The van der Waals surface area contributed by atoms with Crippen LogP contribution in [0.4, 0.5) is 5.82 Å². The van der Waals surface area contributed by atoms with Crippen molar-refractivity contribution in [3.05, 3.63) is 11.8 Å². The topological polar surface area (TPSA) is 56.2 Å². The predicted octanol–water partition coefficient (Wildman–Crippen LogP) is 1.04. The van der Waals surface area contributed by atoms with Crippen molar-refractivity contribution in [3.8, 4) is 0 Å². The molecule has 0 fully saturated rings. The van der Waals surface area contributed by atoms with Crippen molar-refractivity contribution in [3.63, 3.8) is 0 Å². The maximum absolute atomic E-state index is 5.55. The number of hydrogen-bond acceptors (Lipinski definition) is 3. The van der Waals surface area contributed by atoms with Crippen LogP contribution in [0, 0.1) is 6.92 Å². The SMILES string of the molecule is CSC(N)=Nc1cc(C)nn1C. The summed E-state index contributed by atoms with van der Waals surface area (Å²) in [7, 11) is 1.85. The number of aryl methyl sites for hydroxylation is 2. The number of rotatable bonds is 1. The maximum Gasteiger partial charge on any atom is 0.160 e. The molecule has 0 unspecified atom stereocenters. The molecule has 4 nitrogen and oxygen atoms in total. The molecule has 0 aliphatic rings. The average molecular weight is 184 g/mol. The number of aromatic nitrogens is 2. The molecule has 0 radical (unpaired) electrons. The lowest BCUT2D eigenvalue weighted by molar-refractivity contribution is 0.759. The van der Waals surface area contributed by atoms with Crippen LogP contribution in [0.5, 0.6) is 0 Å². The van der Waals surface area contributed by atoms with Crippen LogP contribution >= 0.6 is 11.8 Å². The van der Waals surface area contributed by atoms with Gasteiger partial charge in [-0.25, -0.2) is 4.99 Å². The third-order valence-electron chi connectivity index (χ3n) is 1.41.